The van der Waals surface area contributed by atoms with Crippen molar-refractivity contribution < 1.29 is 18.0 Å². The number of terminal acetylenes is 1. The molecule has 1 aromatic carbocycles. The highest BCUT2D eigenvalue weighted by Crippen LogP contribution is 2.37. The van der Waals surface area contributed by atoms with Gasteiger partial charge >= 0.3 is 12.2 Å². The summed E-state index contributed by atoms with van der Waals surface area (Å²) in [6.07, 6.45) is 2.22. The first-order valence-corrected chi connectivity index (χ1v) is 8.40. The number of hydrogen-bond acceptors (Lipinski definition) is 1. The molecule has 0 heterocycles. The molecule has 0 radical (unpaired) electrons. The Bertz CT molecular complexity index is 619. The van der Waals surface area contributed by atoms with Gasteiger partial charge in [0, 0.05) is 12.6 Å². The van der Waals surface area contributed by atoms with E-state index >= 15 is 0 Å². The fraction of sp³-hybridized carbons (Fsp3) is 0.526. The van der Waals surface area contributed by atoms with Crippen LogP contribution >= 0.6 is 0 Å². The monoisotopic (exact) mass is 352 g/mol. The van der Waals surface area contributed by atoms with E-state index in [1.54, 1.807) is 0 Å². The second kappa shape index (κ2) is 8.28. The van der Waals surface area contributed by atoms with Crippen LogP contribution in [0.4, 0.5) is 18.0 Å². The molecular weight excluding hydrogens is 329 g/mol. The largest absolute Gasteiger partial charge is 0.391 e. The molecule has 0 aromatic heterocycles. The summed E-state index contributed by atoms with van der Waals surface area (Å²) >= 11 is 0. The van der Waals surface area contributed by atoms with E-state index in [0.717, 1.165) is 11.1 Å². The predicted octanol–water partition coefficient (Wildman–Crippen LogP) is 4.26. The van der Waals surface area contributed by atoms with E-state index in [1.807, 2.05) is 31.2 Å². The number of hydrogen-bond donors (Lipinski definition) is 1. The van der Waals surface area contributed by atoms with Crippen molar-refractivity contribution in [1.82, 2.24) is 10.2 Å². The number of halogens is 3. The summed E-state index contributed by atoms with van der Waals surface area (Å²) in [5.41, 5.74) is 2.03. The second-order valence-electron chi connectivity index (χ2n) is 6.60. The van der Waals surface area contributed by atoms with Gasteiger partial charge < -0.3 is 10.2 Å². The Morgan fingerprint density at radius 3 is 2.60 bits per heavy atom. The van der Waals surface area contributed by atoms with E-state index in [1.165, 1.54) is 4.90 Å². The molecule has 1 aromatic rings. The van der Waals surface area contributed by atoms with Gasteiger partial charge in [-0.1, -0.05) is 42.2 Å². The molecular formula is C19H23F3N2O. The van der Waals surface area contributed by atoms with Crippen LogP contribution in [0.25, 0.3) is 0 Å². The topological polar surface area (TPSA) is 32.3 Å². The summed E-state index contributed by atoms with van der Waals surface area (Å²) in [6.45, 7) is 2.40. The lowest BCUT2D eigenvalue weighted by Gasteiger charge is -2.32. The molecule has 3 nitrogen and oxygen atoms in total. The summed E-state index contributed by atoms with van der Waals surface area (Å²) < 4.78 is 38.7. The Balaban J connectivity index is 1.97. The molecule has 1 saturated carbocycles. The minimum atomic E-state index is -4.20. The zero-order valence-corrected chi connectivity index (χ0v) is 14.3. The van der Waals surface area contributed by atoms with E-state index in [-0.39, 0.29) is 19.4 Å². The Hall–Kier alpha value is -2.16. The van der Waals surface area contributed by atoms with Crippen LogP contribution < -0.4 is 5.32 Å². The molecule has 2 rings (SSSR count). The molecule has 1 fully saturated rings. The highest BCUT2D eigenvalue weighted by atomic mass is 19.4. The molecule has 2 amide bonds. The highest BCUT2D eigenvalue weighted by molar-refractivity contribution is 5.74. The zero-order chi connectivity index (χ0) is 18.4. The lowest BCUT2D eigenvalue weighted by atomic mass is 9.85. The van der Waals surface area contributed by atoms with Gasteiger partial charge in [-0.05, 0) is 31.7 Å². The molecule has 136 valence electrons. The molecule has 6 heteroatoms. The highest BCUT2D eigenvalue weighted by Gasteiger charge is 2.42. The van der Waals surface area contributed by atoms with Crippen molar-refractivity contribution in [2.24, 2.45) is 5.92 Å². The Kier molecular flexibility index (Phi) is 6.35. The lowest BCUT2D eigenvalue weighted by molar-refractivity contribution is -0.183. The molecule has 2 atom stereocenters. The molecule has 0 aliphatic heterocycles. The summed E-state index contributed by atoms with van der Waals surface area (Å²) in [6, 6.07) is 6.82. The van der Waals surface area contributed by atoms with E-state index in [4.69, 9.17) is 6.42 Å². The number of amides is 2. The number of rotatable bonds is 4. The van der Waals surface area contributed by atoms with Crippen molar-refractivity contribution in [2.45, 2.75) is 51.4 Å². The van der Waals surface area contributed by atoms with E-state index in [2.05, 4.69) is 11.2 Å². The molecule has 1 aliphatic carbocycles. The second-order valence-corrected chi connectivity index (χ2v) is 6.60. The van der Waals surface area contributed by atoms with Gasteiger partial charge in [0.05, 0.1) is 12.5 Å². The maximum absolute atomic E-state index is 12.9. The molecule has 0 spiro atoms. The number of carbonyl (C=O) groups is 1. The minimum Gasteiger partial charge on any atom is -0.335 e. The molecule has 25 heavy (non-hydrogen) atoms. The summed E-state index contributed by atoms with van der Waals surface area (Å²) in [4.78, 5) is 13.9. The van der Waals surface area contributed by atoms with Gasteiger partial charge in [0.15, 0.2) is 0 Å². The fourth-order valence-corrected chi connectivity index (χ4v) is 3.11. The maximum Gasteiger partial charge on any atom is 0.391 e. The van der Waals surface area contributed by atoms with Crippen LogP contribution in [0.5, 0.6) is 0 Å². The van der Waals surface area contributed by atoms with Gasteiger partial charge in [0.1, 0.15) is 0 Å². The minimum absolute atomic E-state index is 0.0658. The number of nitrogens with zero attached hydrogens (tertiary/aromatic N) is 1. The Morgan fingerprint density at radius 1 is 1.32 bits per heavy atom. The van der Waals surface area contributed by atoms with E-state index in [9.17, 15) is 18.0 Å². The first-order chi connectivity index (χ1) is 11.8. The smallest absolute Gasteiger partial charge is 0.335 e. The lowest BCUT2D eigenvalue weighted by Crippen LogP contribution is -2.47. The van der Waals surface area contributed by atoms with E-state index < -0.39 is 24.2 Å². The maximum atomic E-state index is 12.9. The van der Waals surface area contributed by atoms with Crippen LogP contribution in [0, 0.1) is 25.2 Å². The van der Waals surface area contributed by atoms with Gasteiger partial charge in [-0.3, -0.25) is 0 Å². The average Bonchev–Trinajstić information content (AvgIpc) is 2.56. The summed E-state index contributed by atoms with van der Waals surface area (Å²) in [5.74, 6) is 1.09. The number of alkyl halides is 3. The van der Waals surface area contributed by atoms with Crippen molar-refractivity contribution >= 4 is 6.03 Å². The molecule has 2 unspecified atom stereocenters. The Labute approximate surface area is 146 Å². The molecule has 0 saturated heterocycles. The van der Waals surface area contributed by atoms with Crippen LogP contribution in [0.15, 0.2) is 24.3 Å². The molecule has 0 bridgehead atoms. The van der Waals surface area contributed by atoms with Crippen LogP contribution in [-0.4, -0.2) is 29.7 Å². The number of aryl methyl sites for hydroxylation is 1. The van der Waals surface area contributed by atoms with E-state index in [0.29, 0.717) is 19.4 Å². The third kappa shape index (κ3) is 5.70. The average molecular weight is 352 g/mol. The molecule has 1 aliphatic rings. The van der Waals surface area contributed by atoms with Crippen LogP contribution in [0.2, 0.25) is 0 Å². The van der Waals surface area contributed by atoms with Crippen molar-refractivity contribution in [2.75, 3.05) is 6.54 Å². The predicted molar refractivity (Wildman–Crippen MR) is 90.8 cm³/mol. The van der Waals surface area contributed by atoms with Crippen LogP contribution in [-0.2, 0) is 6.54 Å². The number of benzene rings is 1. The van der Waals surface area contributed by atoms with Crippen molar-refractivity contribution in [1.29, 1.82) is 0 Å². The zero-order valence-electron chi connectivity index (χ0n) is 14.3. The van der Waals surface area contributed by atoms with Gasteiger partial charge in [-0.15, -0.1) is 6.42 Å². The fourth-order valence-electron chi connectivity index (χ4n) is 3.11. The normalized spacial score (nSPS) is 20.6. The van der Waals surface area contributed by atoms with Crippen molar-refractivity contribution in [3.63, 3.8) is 0 Å². The molecule has 1 N–H and O–H groups in total. The third-order valence-corrected chi connectivity index (χ3v) is 4.53. The summed E-state index contributed by atoms with van der Waals surface area (Å²) in [5, 5.41) is 2.73. The van der Waals surface area contributed by atoms with Gasteiger partial charge in [0.2, 0.25) is 0 Å². The number of urea groups is 1. The Morgan fingerprint density at radius 2 is 2.00 bits per heavy atom. The number of carbonyl (C=O) groups excluding carboxylic acids is 1. The number of nitrogens with one attached hydrogen (secondary N) is 1. The van der Waals surface area contributed by atoms with Crippen molar-refractivity contribution in [3.05, 3.63) is 35.4 Å². The third-order valence-electron chi connectivity index (χ3n) is 4.53. The van der Waals surface area contributed by atoms with Crippen molar-refractivity contribution in [3.8, 4) is 12.3 Å². The van der Waals surface area contributed by atoms with Gasteiger partial charge in [-0.2, -0.15) is 13.2 Å². The van der Waals surface area contributed by atoms with Crippen LogP contribution in [0.1, 0.15) is 36.8 Å². The van der Waals surface area contributed by atoms with Crippen LogP contribution in [0.3, 0.4) is 0 Å². The standard InChI is InChI=1S/C19H23F3N2O/c1-3-11-24(13-15-9-7-14(2)8-10-15)18(25)23-17-6-4-5-16(12-17)19(20,21)22/h1,7-10,16-17H,4-6,11-13H2,2H3,(H,23,25). The SMILES string of the molecule is C#CCN(Cc1ccc(C)cc1)C(=O)NC1CCCC(C(F)(F)F)C1. The van der Waals surface area contributed by atoms with Gasteiger partial charge in [-0.25, -0.2) is 4.79 Å². The summed E-state index contributed by atoms with van der Waals surface area (Å²) in [7, 11) is 0. The first kappa shape index (κ1) is 19.2. The first-order valence-electron chi connectivity index (χ1n) is 8.40. The quantitative estimate of drug-likeness (QED) is 0.807. The van der Waals surface area contributed by atoms with Gasteiger partial charge in [0.25, 0.3) is 0 Å².